The zero-order chi connectivity index (χ0) is 43.4. The van der Waals surface area contributed by atoms with E-state index in [1.807, 2.05) is 0 Å². The van der Waals surface area contributed by atoms with Gasteiger partial charge in [0.2, 0.25) is 5.69 Å². The molecule has 0 N–H and O–H groups in total. The maximum Gasteiger partial charge on any atom is 2.00 e. The van der Waals surface area contributed by atoms with Crippen molar-refractivity contribution in [3.63, 3.8) is 0 Å². The summed E-state index contributed by atoms with van der Waals surface area (Å²) in [7, 11) is -21.0. The van der Waals surface area contributed by atoms with Gasteiger partial charge in [-0.15, -0.1) is 10.2 Å². The minimum Gasteiger partial charge on any atom is -0.871 e. The Morgan fingerprint density at radius 3 is 1.25 bits per heavy atom. The molecule has 0 aliphatic rings. The molecule has 0 saturated carbocycles. The third-order valence-corrected chi connectivity index (χ3v) is 11.3. The van der Waals surface area contributed by atoms with Crippen LogP contribution in [0.2, 0.25) is 0 Å². The summed E-state index contributed by atoms with van der Waals surface area (Å²) < 4.78 is 140. The van der Waals surface area contributed by atoms with Crippen molar-refractivity contribution in [2.45, 2.75) is 19.6 Å². The Balaban J connectivity index is 0.00000410. The first-order valence-electron chi connectivity index (χ1n) is 15.4. The summed E-state index contributed by atoms with van der Waals surface area (Å²) in [5, 5.41) is 80.4. The molecular weight excluding hydrogens is 996 g/mol. The average molecular weight is 1010 g/mol. The van der Waals surface area contributed by atoms with Crippen LogP contribution in [0, 0.1) is 5.21 Å². The molecule has 0 aliphatic heterocycles. The Kier molecular flexibility index (Phi) is 13.7. The summed E-state index contributed by atoms with van der Waals surface area (Å²) in [5.41, 5.74) is -4.04. The van der Waals surface area contributed by atoms with Crippen LogP contribution in [0.4, 0.5) is 34.1 Å². The van der Waals surface area contributed by atoms with Crippen molar-refractivity contribution in [3.05, 3.63) is 90.1 Å². The van der Waals surface area contributed by atoms with E-state index in [4.69, 9.17) is 0 Å². The molecule has 0 spiro atoms. The summed E-state index contributed by atoms with van der Waals surface area (Å²) in [6.07, 6.45) is 0. The number of nitrogens with zero attached hydrogens (tertiary/aromatic N) is 6. The summed E-state index contributed by atoms with van der Waals surface area (Å²) in [6, 6.07) is 11.1. The normalized spacial score (nSPS) is 12.8. The van der Waals surface area contributed by atoms with Crippen molar-refractivity contribution in [2.75, 3.05) is 0 Å². The summed E-state index contributed by atoms with van der Waals surface area (Å²) >= 11 is 0. The maximum atomic E-state index is 13.0. The third kappa shape index (κ3) is 10.3. The first-order chi connectivity index (χ1) is 27.3. The average Bonchev–Trinajstić information content (AvgIpc) is 3.13. The molecule has 29 heteroatoms. The molecule has 0 amide bonds. The molecule has 23 nitrogen and oxygen atoms in total. The Labute approximate surface area is 363 Å². The van der Waals surface area contributed by atoms with E-state index in [2.05, 4.69) is 25.6 Å². The van der Waals surface area contributed by atoms with Gasteiger partial charge in [-0.25, -0.2) is 33.7 Å². The van der Waals surface area contributed by atoms with Gasteiger partial charge in [-0.1, -0.05) is 40.0 Å². The number of rotatable bonds is 10. The summed E-state index contributed by atoms with van der Waals surface area (Å²) in [6.45, 7) is 0. The Bertz CT molecular complexity index is 3350. The first kappa shape index (κ1) is 48.0. The van der Waals surface area contributed by atoms with Crippen LogP contribution in [0.5, 0.6) is 23.0 Å². The van der Waals surface area contributed by atoms with Crippen molar-refractivity contribution >= 4 is 96.1 Å². The topological polar surface area (TPSA) is 409 Å². The van der Waals surface area contributed by atoms with Gasteiger partial charge in [0.05, 0.1) is 42.3 Å². The molecule has 0 fully saturated rings. The Morgan fingerprint density at radius 2 is 0.869 bits per heavy atom. The van der Waals surface area contributed by atoms with Gasteiger partial charge in [-0.2, -0.15) is 10.2 Å². The molecule has 0 aromatic heterocycles. The van der Waals surface area contributed by atoms with Gasteiger partial charge in [0.25, 0.3) is 0 Å². The van der Waals surface area contributed by atoms with Crippen molar-refractivity contribution in [1.29, 1.82) is 0 Å². The van der Waals surface area contributed by atoms with Gasteiger partial charge in [-0.05, 0) is 82.2 Å². The van der Waals surface area contributed by atoms with Gasteiger partial charge >= 0.3 is 34.1 Å². The standard InChI is InChI=1S/C32H22N6O17S4.2Cu/c39-25-13-17(1-7-23(25)33-35-29-27(58(50,51)52)11-15-9-19(56(44,45)46)3-5-21(15)31(29)41)37-38(43)18-2-8-24(26(40)14-18)34-36-30-28(59(53,54)55)12-16-10-20(57(47,48)49)4-6-22(16)32(30)42;;/h1-14,39-42H,(H,44,45,46)(H,47,48,49)(H,50,51,52)(H,53,54,55);;/q;2*+2/p-8. The number of hydrogen-bond donors (Lipinski definition) is 0. The van der Waals surface area contributed by atoms with Crippen LogP contribution in [-0.2, 0) is 74.6 Å². The molecular formula is C32H14Cu2N6O17S4-4. The van der Waals surface area contributed by atoms with Crippen molar-refractivity contribution in [1.82, 2.24) is 0 Å². The van der Waals surface area contributed by atoms with Crippen molar-refractivity contribution in [3.8, 4) is 23.0 Å². The van der Waals surface area contributed by atoms with E-state index in [9.17, 15) is 77.5 Å². The second kappa shape index (κ2) is 17.4. The number of benzene rings is 6. The third-order valence-electron chi connectivity index (χ3n) is 7.95. The van der Waals surface area contributed by atoms with Crippen LogP contribution in [0.25, 0.3) is 21.5 Å². The fraction of sp³-hybridized carbons (Fsp3) is 0. The van der Waals surface area contributed by atoms with Gasteiger partial charge in [0, 0.05) is 17.2 Å². The molecule has 0 bridgehead atoms. The van der Waals surface area contributed by atoms with Crippen molar-refractivity contribution in [2.24, 2.45) is 25.6 Å². The molecule has 0 unspecified atom stereocenters. The minimum absolute atomic E-state index is 0. The van der Waals surface area contributed by atoms with E-state index in [0.29, 0.717) is 30.3 Å². The van der Waals surface area contributed by atoms with Crippen LogP contribution in [0.15, 0.2) is 130 Å². The van der Waals surface area contributed by atoms with Gasteiger partial charge < -0.3 is 43.8 Å². The molecule has 0 saturated heterocycles. The summed E-state index contributed by atoms with van der Waals surface area (Å²) in [4.78, 5) is -4.26. The number of fused-ring (bicyclic) bond motifs is 2. The number of hydrogen-bond acceptors (Lipinski definition) is 22. The van der Waals surface area contributed by atoms with Crippen LogP contribution in [0.3, 0.4) is 0 Å². The predicted octanol–water partition coefficient (Wildman–Crippen LogP) is 2.66. The van der Waals surface area contributed by atoms with E-state index >= 15 is 0 Å². The van der Waals surface area contributed by atoms with E-state index in [1.54, 1.807) is 0 Å². The molecule has 2 radical (unpaired) electrons. The molecule has 0 aliphatic carbocycles. The fourth-order valence-corrected chi connectivity index (χ4v) is 7.53. The van der Waals surface area contributed by atoms with E-state index in [0.717, 1.165) is 54.6 Å². The monoisotopic (exact) mass is 1010 g/mol. The molecule has 0 heterocycles. The van der Waals surface area contributed by atoms with E-state index in [1.165, 1.54) is 0 Å². The van der Waals surface area contributed by atoms with Crippen LogP contribution < -0.4 is 20.4 Å². The quantitative estimate of drug-likeness (QED) is 0.0625. The number of azo groups is 3. The fourth-order valence-electron chi connectivity index (χ4n) is 5.24. The maximum absolute atomic E-state index is 13.0. The second-order valence-corrected chi connectivity index (χ2v) is 17.2. The molecule has 6 rings (SSSR count). The minimum atomic E-state index is -5.47. The zero-order valence-electron chi connectivity index (χ0n) is 28.9. The Morgan fingerprint density at radius 1 is 0.459 bits per heavy atom. The van der Waals surface area contributed by atoms with Gasteiger partial charge in [0.15, 0.2) is 0 Å². The van der Waals surface area contributed by atoms with Crippen LogP contribution >= 0.6 is 0 Å². The second-order valence-electron chi connectivity index (χ2n) is 11.8. The van der Waals surface area contributed by atoms with Gasteiger partial charge in [-0.3, -0.25) is 0 Å². The first-order valence-corrected chi connectivity index (χ1v) is 21.0. The molecule has 61 heavy (non-hydrogen) atoms. The van der Waals surface area contributed by atoms with Crippen LogP contribution in [-0.4, -0.2) is 56.7 Å². The smallest absolute Gasteiger partial charge is 0.871 e. The largest absolute Gasteiger partial charge is 2.00 e. The predicted molar refractivity (Wildman–Crippen MR) is 184 cm³/mol. The van der Waals surface area contributed by atoms with Gasteiger partial charge in [0.1, 0.15) is 46.2 Å². The molecule has 0 atom stereocenters. The summed E-state index contributed by atoms with van der Waals surface area (Å²) in [5.74, 6) is -4.50. The van der Waals surface area contributed by atoms with E-state index < -0.39 is 122 Å². The van der Waals surface area contributed by atoms with Crippen LogP contribution in [0.1, 0.15) is 0 Å². The SMILES string of the molecule is O=S(=O)([O-])c1ccc2c([O-])c(N=Nc3ccc(N=[N+]([O-])c4ccc(N=Nc5c(S(=O)(=O)[O-])cc6cc(S(=O)(=O)[O-])ccc6c5[O-])c([O-])c4)cc3[O-])c(S(=O)(=O)[O-])cc2c1.[Cu+2].[Cu+2]. The molecule has 324 valence electrons. The zero-order valence-corrected chi connectivity index (χ0v) is 34.1. The molecule has 6 aromatic rings. The Hall–Kier alpha value is -5.68. The van der Waals surface area contributed by atoms with Crippen molar-refractivity contribution < 1.29 is 111 Å². The van der Waals surface area contributed by atoms with E-state index in [-0.39, 0.29) is 55.5 Å². The molecule has 6 aromatic carbocycles.